The molecule has 6 nitrogen and oxygen atoms in total. The fourth-order valence-corrected chi connectivity index (χ4v) is 3.44. The molecule has 0 aromatic carbocycles. The van der Waals surface area contributed by atoms with E-state index in [0.717, 1.165) is 25.7 Å². The van der Waals surface area contributed by atoms with Gasteiger partial charge in [0.25, 0.3) is 0 Å². The van der Waals surface area contributed by atoms with Crippen molar-refractivity contribution in [2.75, 3.05) is 6.54 Å². The molecule has 2 aliphatic carbocycles. The van der Waals surface area contributed by atoms with E-state index in [1.54, 1.807) is 18.7 Å². The molecule has 0 aromatic rings. The van der Waals surface area contributed by atoms with Gasteiger partial charge >= 0.3 is 5.97 Å². The molecule has 0 aliphatic heterocycles. The Bertz CT molecular complexity index is 470. The highest BCUT2D eigenvalue weighted by atomic mass is 16.4. The van der Waals surface area contributed by atoms with E-state index in [-0.39, 0.29) is 24.4 Å². The molecule has 6 heteroatoms. The molecule has 0 saturated heterocycles. The van der Waals surface area contributed by atoms with Gasteiger partial charge in [-0.3, -0.25) is 14.4 Å². The lowest BCUT2D eigenvalue weighted by atomic mass is 9.87. The Balaban J connectivity index is 1.84. The number of nitrogens with one attached hydrogen (secondary N) is 1. The van der Waals surface area contributed by atoms with Gasteiger partial charge in [0.2, 0.25) is 11.8 Å². The minimum atomic E-state index is -0.901. The molecule has 2 aliphatic rings. The summed E-state index contributed by atoms with van der Waals surface area (Å²) in [5, 5.41) is 11.9. The molecule has 0 radical (unpaired) electrons. The first-order valence-corrected chi connectivity index (χ1v) is 9.21. The second kappa shape index (κ2) is 8.49. The average Bonchev–Trinajstić information content (AvgIpc) is 3.37. The number of hydrogen-bond acceptors (Lipinski definition) is 3. The number of carboxylic acids is 1. The summed E-state index contributed by atoms with van der Waals surface area (Å²) in [6.45, 7) is 3.51. The predicted octanol–water partition coefficient (Wildman–Crippen LogP) is 2.17. The first-order chi connectivity index (χ1) is 11.4. The van der Waals surface area contributed by atoms with E-state index in [0.29, 0.717) is 12.3 Å². The van der Waals surface area contributed by atoms with Crippen molar-refractivity contribution in [1.82, 2.24) is 10.2 Å². The zero-order chi connectivity index (χ0) is 17.7. The molecule has 2 fully saturated rings. The maximum Gasteiger partial charge on any atom is 0.308 e. The molecule has 2 N–H and O–H groups in total. The number of nitrogens with zero attached hydrogens (tertiary/aromatic N) is 1. The van der Waals surface area contributed by atoms with Crippen molar-refractivity contribution in [3.8, 4) is 0 Å². The highest BCUT2D eigenvalue weighted by molar-refractivity contribution is 5.88. The van der Waals surface area contributed by atoms with Gasteiger partial charge in [0.05, 0.1) is 5.92 Å². The third kappa shape index (κ3) is 5.49. The summed E-state index contributed by atoms with van der Waals surface area (Å²) >= 11 is 0. The van der Waals surface area contributed by atoms with Crippen LogP contribution in [0.2, 0.25) is 0 Å². The van der Waals surface area contributed by atoms with E-state index in [2.05, 4.69) is 5.32 Å². The number of rotatable bonds is 8. The monoisotopic (exact) mass is 338 g/mol. The zero-order valence-corrected chi connectivity index (χ0v) is 14.8. The van der Waals surface area contributed by atoms with Gasteiger partial charge in [-0.25, -0.2) is 0 Å². The Labute approximate surface area is 144 Å². The van der Waals surface area contributed by atoms with E-state index in [4.69, 9.17) is 5.11 Å². The Morgan fingerprint density at radius 2 is 1.71 bits per heavy atom. The molecule has 136 valence electrons. The lowest BCUT2D eigenvalue weighted by molar-refractivity contribution is -0.144. The molecule has 0 bridgehead atoms. The first-order valence-electron chi connectivity index (χ1n) is 9.21. The van der Waals surface area contributed by atoms with Crippen molar-refractivity contribution < 1.29 is 19.5 Å². The fraction of sp³-hybridized carbons (Fsp3) is 0.833. The highest BCUT2D eigenvalue weighted by Crippen LogP contribution is 2.29. The van der Waals surface area contributed by atoms with Gasteiger partial charge < -0.3 is 15.3 Å². The third-order valence-corrected chi connectivity index (χ3v) is 5.11. The van der Waals surface area contributed by atoms with Crippen LogP contribution >= 0.6 is 0 Å². The van der Waals surface area contributed by atoms with Crippen LogP contribution in [-0.4, -0.2) is 46.4 Å². The minimum absolute atomic E-state index is 0.0650. The Morgan fingerprint density at radius 1 is 1.08 bits per heavy atom. The molecular formula is C18H30N2O4. The molecule has 0 aromatic heterocycles. The largest absolute Gasteiger partial charge is 0.481 e. The van der Waals surface area contributed by atoms with Gasteiger partial charge in [-0.15, -0.1) is 0 Å². The van der Waals surface area contributed by atoms with E-state index in [9.17, 15) is 14.4 Å². The lowest BCUT2D eigenvalue weighted by Crippen LogP contribution is -2.49. The van der Waals surface area contributed by atoms with E-state index in [1.807, 2.05) is 0 Å². The maximum absolute atomic E-state index is 12.6. The third-order valence-electron chi connectivity index (χ3n) is 5.11. The number of hydrogen-bond donors (Lipinski definition) is 2. The number of aliphatic carboxylic acids is 1. The summed E-state index contributed by atoms with van der Waals surface area (Å²) in [6, 6.07) is -0.459. The van der Waals surface area contributed by atoms with Crippen molar-refractivity contribution in [2.24, 2.45) is 11.8 Å². The normalized spacial score (nSPS) is 20.9. The van der Waals surface area contributed by atoms with Crippen molar-refractivity contribution >= 4 is 17.8 Å². The molecule has 2 saturated carbocycles. The second-order valence-corrected chi connectivity index (χ2v) is 7.46. The number of carboxylic acid groups (broad SMARTS) is 1. The van der Waals surface area contributed by atoms with Crippen molar-refractivity contribution in [3.05, 3.63) is 0 Å². The van der Waals surface area contributed by atoms with Gasteiger partial charge in [0, 0.05) is 19.0 Å². The summed E-state index contributed by atoms with van der Waals surface area (Å²) in [5.41, 5.74) is 0. The summed E-state index contributed by atoms with van der Waals surface area (Å²) in [7, 11) is 0. The Kier molecular flexibility index (Phi) is 6.63. The van der Waals surface area contributed by atoms with Crippen molar-refractivity contribution in [3.63, 3.8) is 0 Å². The summed E-state index contributed by atoms with van der Waals surface area (Å²) in [5.74, 6) is -1.29. The smallest absolute Gasteiger partial charge is 0.308 e. The molecule has 2 amide bonds. The molecule has 0 heterocycles. The molecule has 24 heavy (non-hydrogen) atoms. The first kappa shape index (κ1) is 18.7. The summed E-state index contributed by atoms with van der Waals surface area (Å²) in [6.07, 6.45) is 8.16. The van der Waals surface area contributed by atoms with Crippen molar-refractivity contribution in [1.29, 1.82) is 0 Å². The molecule has 2 rings (SSSR count). The minimum Gasteiger partial charge on any atom is -0.481 e. The van der Waals surface area contributed by atoms with Gasteiger partial charge in [0.15, 0.2) is 0 Å². The van der Waals surface area contributed by atoms with E-state index >= 15 is 0 Å². The van der Waals surface area contributed by atoms with Crippen LogP contribution in [0.25, 0.3) is 0 Å². The number of amides is 2. The molecule has 0 spiro atoms. The van der Waals surface area contributed by atoms with Gasteiger partial charge in [-0.2, -0.15) is 0 Å². The van der Waals surface area contributed by atoms with Crippen LogP contribution in [0, 0.1) is 11.8 Å². The van der Waals surface area contributed by atoms with Crippen LogP contribution in [0.4, 0.5) is 0 Å². The quantitative estimate of drug-likeness (QED) is 0.710. The summed E-state index contributed by atoms with van der Waals surface area (Å²) < 4.78 is 0. The predicted molar refractivity (Wildman–Crippen MR) is 90.3 cm³/mol. The van der Waals surface area contributed by atoms with Crippen LogP contribution in [0.1, 0.15) is 65.2 Å². The SMILES string of the molecule is CC(CN(C(=O)C(C)NC(=O)CC1CCCCC1)C1CC1)C(=O)O. The number of carbonyl (C=O) groups excluding carboxylic acids is 2. The van der Waals surface area contributed by atoms with Crippen LogP contribution < -0.4 is 5.32 Å². The molecule has 2 atom stereocenters. The number of carbonyl (C=O) groups is 3. The van der Waals surface area contributed by atoms with Crippen LogP contribution in [-0.2, 0) is 14.4 Å². The highest BCUT2D eigenvalue weighted by Gasteiger charge is 2.36. The van der Waals surface area contributed by atoms with Crippen LogP contribution in [0.15, 0.2) is 0 Å². The topological polar surface area (TPSA) is 86.7 Å². The van der Waals surface area contributed by atoms with Gasteiger partial charge in [-0.05, 0) is 38.5 Å². The van der Waals surface area contributed by atoms with Gasteiger partial charge in [-0.1, -0.05) is 26.2 Å². The van der Waals surface area contributed by atoms with E-state index < -0.39 is 17.9 Å². The summed E-state index contributed by atoms with van der Waals surface area (Å²) in [4.78, 5) is 37.5. The average molecular weight is 338 g/mol. The zero-order valence-electron chi connectivity index (χ0n) is 14.8. The van der Waals surface area contributed by atoms with E-state index in [1.165, 1.54) is 19.3 Å². The van der Waals surface area contributed by atoms with Crippen LogP contribution in [0.3, 0.4) is 0 Å². The van der Waals surface area contributed by atoms with Crippen molar-refractivity contribution in [2.45, 2.75) is 77.3 Å². The second-order valence-electron chi connectivity index (χ2n) is 7.46. The Morgan fingerprint density at radius 3 is 2.25 bits per heavy atom. The van der Waals surface area contributed by atoms with Gasteiger partial charge in [0.1, 0.15) is 6.04 Å². The standard InChI is InChI=1S/C18H30N2O4/c1-12(18(23)24)11-20(15-8-9-15)17(22)13(2)19-16(21)10-14-6-4-3-5-7-14/h12-15H,3-11H2,1-2H3,(H,19,21)(H,23,24). The fourth-order valence-electron chi connectivity index (χ4n) is 3.44. The maximum atomic E-state index is 12.6. The lowest BCUT2D eigenvalue weighted by Gasteiger charge is -2.28. The molecular weight excluding hydrogens is 308 g/mol. The Hall–Kier alpha value is -1.59. The van der Waals surface area contributed by atoms with Crippen LogP contribution in [0.5, 0.6) is 0 Å². The molecule has 2 unspecified atom stereocenters.